The van der Waals surface area contributed by atoms with E-state index in [2.05, 4.69) is 52.2 Å². The minimum Gasteiger partial charge on any atom is -0.316 e. The summed E-state index contributed by atoms with van der Waals surface area (Å²) >= 11 is 1.97. The van der Waals surface area contributed by atoms with Crippen molar-refractivity contribution in [1.29, 1.82) is 0 Å². The predicted octanol–water partition coefficient (Wildman–Crippen LogP) is 4.20. The summed E-state index contributed by atoms with van der Waals surface area (Å²) in [7, 11) is 2.10. The van der Waals surface area contributed by atoms with Gasteiger partial charge in [-0.25, -0.2) is 4.98 Å². The Hall–Kier alpha value is -0.540. The second-order valence-electron chi connectivity index (χ2n) is 6.49. The Morgan fingerprint density at radius 1 is 1.25 bits per heavy atom. The Morgan fingerprint density at radius 2 is 2.00 bits per heavy atom. The highest BCUT2D eigenvalue weighted by atomic mass is 32.2. The third-order valence-electron chi connectivity index (χ3n) is 4.49. The van der Waals surface area contributed by atoms with Gasteiger partial charge in [0.2, 0.25) is 0 Å². The number of hydrogen-bond donors (Lipinski definition) is 1. The molecular formula is C17H28N2S. The van der Waals surface area contributed by atoms with Crippen LogP contribution in [-0.2, 0) is 0 Å². The fourth-order valence-corrected chi connectivity index (χ4v) is 4.79. The molecule has 1 N–H and O–H groups in total. The minimum atomic E-state index is 0.623. The molecule has 1 aromatic heterocycles. The third kappa shape index (κ3) is 3.98. The average Bonchev–Trinajstić information content (AvgIpc) is 2.37. The molecule has 1 aliphatic rings. The predicted molar refractivity (Wildman–Crippen MR) is 88.4 cm³/mol. The van der Waals surface area contributed by atoms with E-state index in [-0.39, 0.29) is 0 Å². The molecule has 0 aliphatic heterocycles. The van der Waals surface area contributed by atoms with E-state index in [4.69, 9.17) is 4.98 Å². The quantitative estimate of drug-likeness (QED) is 0.900. The van der Waals surface area contributed by atoms with Crippen LogP contribution in [-0.4, -0.2) is 23.3 Å². The summed E-state index contributed by atoms with van der Waals surface area (Å²) in [6.07, 6.45) is 3.96. The first-order valence-corrected chi connectivity index (χ1v) is 8.66. The summed E-state index contributed by atoms with van der Waals surface area (Å²) in [4.78, 5) is 4.70. The molecule has 0 radical (unpaired) electrons. The van der Waals surface area contributed by atoms with Crippen molar-refractivity contribution >= 4 is 11.8 Å². The monoisotopic (exact) mass is 292 g/mol. The van der Waals surface area contributed by atoms with Crippen LogP contribution in [0.4, 0.5) is 0 Å². The standard InChI is InChI=1S/C17H28N2S/c1-11(2)14-6-7-15(18-5)16(10-14)20-17-9-12(3)8-13(4)19-17/h8-9,11,14-16,18H,6-7,10H2,1-5H3. The van der Waals surface area contributed by atoms with Gasteiger partial charge in [0.05, 0.1) is 5.03 Å². The Kier molecular flexibility index (Phi) is 5.50. The zero-order chi connectivity index (χ0) is 14.7. The Morgan fingerprint density at radius 3 is 2.60 bits per heavy atom. The maximum atomic E-state index is 4.70. The van der Waals surface area contributed by atoms with E-state index in [1.54, 1.807) is 0 Å². The molecule has 2 rings (SSSR count). The lowest BCUT2D eigenvalue weighted by molar-refractivity contribution is 0.251. The van der Waals surface area contributed by atoms with Gasteiger partial charge in [0.1, 0.15) is 0 Å². The Labute approximate surface area is 128 Å². The summed E-state index contributed by atoms with van der Waals surface area (Å²) in [6, 6.07) is 5.00. The lowest BCUT2D eigenvalue weighted by atomic mass is 9.79. The molecule has 3 unspecified atom stereocenters. The largest absolute Gasteiger partial charge is 0.316 e. The second-order valence-corrected chi connectivity index (χ2v) is 7.75. The highest BCUT2D eigenvalue weighted by Crippen LogP contribution is 2.38. The van der Waals surface area contributed by atoms with Gasteiger partial charge in [-0.15, -0.1) is 11.8 Å². The number of hydrogen-bond acceptors (Lipinski definition) is 3. The summed E-state index contributed by atoms with van der Waals surface area (Å²) in [5.74, 6) is 1.66. The number of aryl methyl sites for hydroxylation is 2. The number of thioether (sulfide) groups is 1. The van der Waals surface area contributed by atoms with Crippen molar-refractivity contribution in [3.63, 3.8) is 0 Å². The SMILES string of the molecule is CNC1CCC(C(C)C)CC1Sc1cc(C)cc(C)n1. The van der Waals surface area contributed by atoms with Crippen molar-refractivity contribution in [2.24, 2.45) is 11.8 Å². The summed E-state index contributed by atoms with van der Waals surface area (Å²) in [6.45, 7) is 8.97. The van der Waals surface area contributed by atoms with Crippen molar-refractivity contribution in [3.05, 3.63) is 23.4 Å². The number of nitrogens with zero attached hydrogens (tertiary/aromatic N) is 1. The molecule has 0 aromatic carbocycles. The maximum absolute atomic E-state index is 4.70. The first-order chi connectivity index (χ1) is 9.49. The van der Waals surface area contributed by atoms with Gasteiger partial charge in [-0.1, -0.05) is 13.8 Å². The van der Waals surface area contributed by atoms with Crippen LogP contribution >= 0.6 is 11.8 Å². The maximum Gasteiger partial charge on any atom is 0.0968 e. The number of pyridine rings is 1. The molecule has 0 saturated heterocycles. The van der Waals surface area contributed by atoms with Gasteiger partial charge in [0.25, 0.3) is 0 Å². The molecule has 1 fully saturated rings. The van der Waals surface area contributed by atoms with Gasteiger partial charge >= 0.3 is 0 Å². The molecule has 1 aliphatic carbocycles. The summed E-state index contributed by atoms with van der Waals surface area (Å²) in [5.41, 5.74) is 2.45. The van der Waals surface area contributed by atoms with Gasteiger partial charge in [-0.3, -0.25) is 0 Å². The van der Waals surface area contributed by atoms with Crippen LogP contribution in [0.1, 0.15) is 44.4 Å². The van der Waals surface area contributed by atoms with Gasteiger partial charge < -0.3 is 5.32 Å². The molecule has 20 heavy (non-hydrogen) atoms. The molecule has 1 heterocycles. The van der Waals surface area contributed by atoms with E-state index in [1.165, 1.54) is 29.9 Å². The molecule has 1 saturated carbocycles. The zero-order valence-corrected chi connectivity index (χ0v) is 14.3. The Balaban J connectivity index is 2.11. The topological polar surface area (TPSA) is 24.9 Å². The highest BCUT2D eigenvalue weighted by molar-refractivity contribution is 7.99. The molecule has 112 valence electrons. The second kappa shape index (κ2) is 6.95. The highest BCUT2D eigenvalue weighted by Gasteiger charge is 2.31. The van der Waals surface area contributed by atoms with Gasteiger partial charge in [0.15, 0.2) is 0 Å². The number of nitrogens with one attached hydrogen (secondary N) is 1. The summed E-state index contributed by atoms with van der Waals surface area (Å²) < 4.78 is 0. The molecule has 3 atom stereocenters. The first-order valence-electron chi connectivity index (χ1n) is 7.78. The molecule has 2 nitrogen and oxygen atoms in total. The fraction of sp³-hybridized carbons (Fsp3) is 0.706. The molecule has 0 amide bonds. The van der Waals surface area contributed by atoms with E-state index < -0.39 is 0 Å². The van der Waals surface area contributed by atoms with E-state index in [0.29, 0.717) is 11.3 Å². The van der Waals surface area contributed by atoms with Crippen LogP contribution in [0, 0.1) is 25.7 Å². The van der Waals surface area contributed by atoms with E-state index in [9.17, 15) is 0 Å². The van der Waals surface area contributed by atoms with Crippen LogP contribution in [0.5, 0.6) is 0 Å². The van der Waals surface area contributed by atoms with E-state index >= 15 is 0 Å². The minimum absolute atomic E-state index is 0.623. The fourth-order valence-electron chi connectivity index (χ4n) is 3.25. The van der Waals surface area contributed by atoms with Crippen molar-refractivity contribution in [2.45, 2.75) is 63.3 Å². The van der Waals surface area contributed by atoms with Crippen LogP contribution < -0.4 is 5.32 Å². The smallest absolute Gasteiger partial charge is 0.0968 e. The van der Waals surface area contributed by atoms with Crippen LogP contribution in [0.15, 0.2) is 17.2 Å². The van der Waals surface area contributed by atoms with Crippen LogP contribution in [0.25, 0.3) is 0 Å². The van der Waals surface area contributed by atoms with Crippen molar-refractivity contribution in [2.75, 3.05) is 7.05 Å². The van der Waals surface area contributed by atoms with Crippen molar-refractivity contribution in [1.82, 2.24) is 10.3 Å². The van der Waals surface area contributed by atoms with E-state index in [1.807, 2.05) is 11.8 Å². The van der Waals surface area contributed by atoms with Crippen molar-refractivity contribution in [3.8, 4) is 0 Å². The first kappa shape index (κ1) is 15.8. The van der Waals surface area contributed by atoms with Crippen molar-refractivity contribution < 1.29 is 0 Å². The average molecular weight is 292 g/mol. The molecule has 1 aromatic rings. The normalized spacial score (nSPS) is 27.0. The number of rotatable bonds is 4. The molecule has 0 bridgehead atoms. The molecule has 0 spiro atoms. The number of aromatic nitrogens is 1. The molecular weight excluding hydrogens is 264 g/mol. The van der Waals surface area contributed by atoms with E-state index in [0.717, 1.165) is 17.5 Å². The van der Waals surface area contributed by atoms with Gasteiger partial charge in [-0.2, -0.15) is 0 Å². The zero-order valence-electron chi connectivity index (χ0n) is 13.4. The lowest BCUT2D eigenvalue weighted by Gasteiger charge is -2.37. The van der Waals surface area contributed by atoms with Gasteiger partial charge in [0, 0.05) is 17.0 Å². The van der Waals surface area contributed by atoms with Crippen LogP contribution in [0.2, 0.25) is 0 Å². The Bertz CT molecular complexity index is 424. The third-order valence-corrected chi connectivity index (χ3v) is 5.77. The lowest BCUT2D eigenvalue weighted by Crippen LogP contribution is -2.41. The van der Waals surface area contributed by atoms with Crippen LogP contribution in [0.3, 0.4) is 0 Å². The molecule has 3 heteroatoms. The summed E-state index contributed by atoms with van der Waals surface area (Å²) in [5, 5.41) is 5.35. The van der Waals surface area contributed by atoms with Gasteiger partial charge in [-0.05, 0) is 69.7 Å².